The van der Waals surface area contributed by atoms with Crippen molar-refractivity contribution in [2.45, 2.75) is 45.1 Å². The van der Waals surface area contributed by atoms with Crippen LogP contribution in [-0.4, -0.2) is 28.4 Å². The second-order valence-electron chi connectivity index (χ2n) is 6.24. The fourth-order valence-electron chi connectivity index (χ4n) is 3.90. The minimum absolute atomic E-state index is 0.172. The molecule has 0 aromatic carbocycles. The van der Waals surface area contributed by atoms with E-state index in [0.29, 0.717) is 18.4 Å². The standard InChI is InChI=1S/C16H20F2N2O/c1-10-7-9-20(13-5-3-2-4-11(10)13)16(21)12-6-8-19-15(18)14(12)17/h6,8,10-11,13H,2-5,7,9H2,1H3. The van der Waals surface area contributed by atoms with Crippen LogP contribution in [0.25, 0.3) is 0 Å². The molecule has 3 unspecified atom stereocenters. The minimum atomic E-state index is -1.20. The molecule has 1 saturated heterocycles. The summed E-state index contributed by atoms with van der Waals surface area (Å²) in [6.07, 6.45) is 6.48. The number of likely N-dealkylation sites (tertiary alicyclic amines) is 1. The van der Waals surface area contributed by atoms with Crippen molar-refractivity contribution in [2.24, 2.45) is 11.8 Å². The zero-order chi connectivity index (χ0) is 15.0. The van der Waals surface area contributed by atoms with Gasteiger partial charge in [0.1, 0.15) is 0 Å². The summed E-state index contributed by atoms with van der Waals surface area (Å²) in [6, 6.07) is 1.45. The molecule has 1 aromatic rings. The van der Waals surface area contributed by atoms with Gasteiger partial charge in [0.15, 0.2) is 5.82 Å². The molecule has 1 saturated carbocycles. The van der Waals surface area contributed by atoms with Gasteiger partial charge < -0.3 is 4.90 Å². The number of piperidine rings is 1. The van der Waals surface area contributed by atoms with E-state index in [1.54, 1.807) is 4.90 Å². The fraction of sp³-hybridized carbons (Fsp3) is 0.625. The third-order valence-electron chi connectivity index (χ3n) is 5.08. The van der Waals surface area contributed by atoms with Crippen LogP contribution in [-0.2, 0) is 0 Å². The van der Waals surface area contributed by atoms with Crippen molar-refractivity contribution in [2.75, 3.05) is 6.54 Å². The molecule has 114 valence electrons. The average Bonchev–Trinajstić information content (AvgIpc) is 2.50. The smallest absolute Gasteiger partial charge is 0.257 e. The number of pyridine rings is 1. The van der Waals surface area contributed by atoms with Gasteiger partial charge in [0.05, 0.1) is 5.56 Å². The van der Waals surface area contributed by atoms with Gasteiger partial charge in [-0.1, -0.05) is 19.8 Å². The fourth-order valence-corrected chi connectivity index (χ4v) is 3.90. The summed E-state index contributed by atoms with van der Waals surface area (Å²) in [5.41, 5.74) is -0.193. The summed E-state index contributed by atoms with van der Waals surface area (Å²) in [4.78, 5) is 17.6. The molecule has 0 N–H and O–H groups in total. The molecule has 1 aromatic heterocycles. The van der Waals surface area contributed by atoms with Gasteiger partial charge in [0.25, 0.3) is 5.91 Å². The van der Waals surface area contributed by atoms with Crippen molar-refractivity contribution in [1.82, 2.24) is 9.88 Å². The van der Waals surface area contributed by atoms with Crippen molar-refractivity contribution < 1.29 is 13.6 Å². The second kappa shape index (κ2) is 5.70. The summed E-state index contributed by atoms with van der Waals surface area (Å²) in [5, 5.41) is 0. The first-order valence-corrected chi connectivity index (χ1v) is 7.70. The first kappa shape index (κ1) is 14.4. The zero-order valence-electron chi connectivity index (χ0n) is 12.2. The van der Waals surface area contributed by atoms with Gasteiger partial charge >= 0.3 is 0 Å². The van der Waals surface area contributed by atoms with E-state index in [1.807, 2.05) is 0 Å². The molecule has 0 bridgehead atoms. The summed E-state index contributed by atoms with van der Waals surface area (Å²) < 4.78 is 27.1. The van der Waals surface area contributed by atoms with Gasteiger partial charge in [-0.3, -0.25) is 4.79 Å². The Morgan fingerprint density at radius 2 is 2.05 bits per heavy atom. The highest BCUT2D eigenvalue weighted by Gasteiger charge is 2.40. The second-order valence-corrected chi connectivity index (χ2v) is 6.24. The first-order chi connectivity index (χ1) is 10.1. The van der Waals surface area contributed by atoms with Crippen LogP contribution < -0.4 is 0 Å². The Bertz CT molecular complexity index is 549. The topological polar surface area (TPSA) is 33.2 Å². The Morgan fingerprint density at radius 3 is 2.86 bits per heavy atom. The molecule has 2 heterocycles. The Labute approximate surface area is 123 Å². The van der Waals surface area contributed by atoms with Crippen molar-refractivity contribution in [3.05, 3.63) is 29.6 Å². The van der Waals surface area contributed by atoms with Crippen molar-refractivity contribution in [3.63, 3.8) is 0 Å². The van der Waals surface area contributed by atoms with E-state index < -0.39 is 17.7 Å². The lowest BCUT2D eigenvalue weighted by atomic mass is 9.72. The Hall–Kier alpha value is -1.52. The molecular formula is C16H20F2N2O. The van der Waals surface area contributed by atoms with Gasteiger partial charge in [-0.2, -0.15) is 4.39 Å². The molecule has 1 aliphatic carbocycles. The first-order valence-electron chi connectivity index (χ1n) is 7.70. The van der Waals surface area contributed by atoms with Gasteiger partial charge in [-0.05, 0) is 37.2 Å². The van der Waals surface area contributed by atoms with E-state index in [2.05, 4.69) is 11.9 Å². The minimum Gasteiger partial charge on any atom is -0.335 e. The molecule has 5 heteroatoms. The Balaban J connectivity index is 1.88. The van der Waals surface area contributed by atoms with Gasteiger partial charge in [-0.25, -0.2) is 9.37 Å². The van der Waals surface area contributed by atoms with Crippen LogP contribution in [0.1, 0.15) is 49.4 Å². The number of nitrogens with zero attached hydrogens (tertiary/aromatic N) is 2. The van der Waals surface area contributed by atoms with Crippen LogP contribution in [0.5, 0.6) is 0 Å². The largest absolute Gasteiger partial charge is 0.335 e. The maximum Gasteiger partial charge on any atom is 0.257 e. The zero-order valence-corrected chi connectivity index (χ0v) is 12.2. The van der Waals surface area contributed by atoms with Gasteiger partial charge in [0.2, 0.25) is 5.95 Å². The van der Waals surface area contributed by atoms with Crippen LogP contribution in [0.2, 0.25) is 0 Å². The van der Waals surface area contributed by atoms with Crippen molar-refractivity contribution in [3.8, 4) is 0 Å². The number of hydrogen-bond donors (Lipinski definition) is 0. The average molecular weight is 294 g/mol. The molecule has 1 aliphatic heterocycles. The number of fused-ring (bicyclic) bond motifs is 1. The lowest BCUT2D eigenvalue weighted by Gasteiger charge is -2.47. The highest BCUT2D eigenvalue weighted by atomic mass is 19.2. The number of rotatable bonds is 1. The third-order valence-corrected chi connectivity index (χ3v) is 5.08. The summed E-state index contributed by atoms with van der Waals surface area (Å²) in [5.74, 6) is -1.64. The number of aromatic nitrogens is 1. The molecule has 0 radical (unpaired) electrons. The van der Waals surface area contributed by atoms with Crippen LogP contribution in [0.4, 0.5) is 8.78 Å². The number of halogens is 2. The quantitative estimate of drug-likeness (QED) is 0.744. The van der Waals surface area contributed by atoms with E-state index in [-0.39, 0.29) is 11.6 Å². The van der Waals surface area contributed by atoms with E-state index >= 15 is 0 Å². The monoisotopic (exact) mass is 294 g/mol. The number of carbonyl (C=O) groups excluding carboxylic acids is 1. The van der Waals surface area contributed by atoms with Crippen LogP contribution in [0.15, 0.2) is 12.3 Å². The maximum atomic E-state index is 13.8. The normalized spacial score (nSPS) is 29.1. The summed E-state index contributed by atoms with van der Waals surface area (Å²) >= 11 is 0. The van der Waals surface area contributed by atoms with Crippen LogP contribution in [0, 0.1) is 23.6 Å². The van der Waals surface area contributed by atoms with Crippen LogP contribution >= 0.6 is 0 Å². The van der Waals surface area contributed by atoms with E-state index in [1.165, 1.54) is 12.5 Å². The molecule has 0 spiro atoms. The van der Waals surface area contributed by atoms with E-state index in [9.17, 15) is 13.6 Å². The highest BCUT2D eigenvalue weighted by molar-refractivity contribution is 5.94. The SMILES string of the molecule is CC1CCN(C(=O)c2ccnc(F)c2F)C2CCCCC12. The molecule has 3 nitrogen and oxygen atoms in total. The Morgan fingerprint density at radius 1 is 1.29 bits per heavy atom. The van der Waals surface area contributed by atoms with Crippen molar-refractivity contribution in [1.29, 1.82) is 0 Å². The predicted molar refractivity (Wildman–Crippen MR) is 74.7 cm³/mol. The lowest BCUT2D eigenvalue weighted by molar-refractivity contribution is 0.0213. The van der Waals surface area contributed by atoms with Crippen LogP contribution in [0.3, 0.4) is 0 Å². The molecular weight excluding hydrogens is 274 g/mol. The number of amides is 1. The molecule has 2 aliphatic rings. The molecule has 3 rings (SSSR count). The Kier molecular flexibility index (Phi) is 3.91. The van der Waals surface area contributed by atoms with Gasteiger partial charge in [0, 0.05) is 18.8 Å². The van der Waals surface area contributed by atoms with E-state index in [4.69, 9.17) is 0 Å². The van der Waals surface area contributed by atoms with E-state index in [0.717, 1.165) is 31.9 Å². The van der Waals surface area contributed by atoms with Gasteiger partial charge in [-0.15, -0.1) is 0 Å². The molecule has 3 atom stereocenters. The predicted octanol–water partition coefficient (Wildman–Crippen LogP) is 3.40. The van der Waals surface area contributed by atoms with Crippen molar-refractivity contribution >= 4 is 5.91 Å². The third kappa shape index (κ3) is 2.54. The molecule has 2 fully saturated rings. The summed E-state index contributed by atoms with van der Waals surface area (Å²) in [6.45, 7) is 2.86. The molecule has 21 heavy (non-hydrogen) atoms. The molecule has 1 amide bonds. The number of carbonyl (C=O) groups is 1. The number of hydrogen-bond acceptors (Lipinski definition) is 2. The lowest BCUT2D eigenvalue weighted by Crippen LogP contribution is -2.52. The maximum absolute atomic E-state index is 13.8. The summed E-state index contributed by atoms with van der Waals surface area (Å²) in [7, 11) is 0. The highest BCUT2D eigenvalue weighted by Crippen LogP contribution is 2.39.